The van der Waals surface area contributed by atoms with Gasteiger partial charge in [0.2, 0.25) is 0 Å². The monoisotopic (exact) mass is 354 g/mol. The third kappa shape index (κ3) is 3.62. The standard InChI is InChI=1S/C21H30N4O/c1-6-25-20(13-19(22-25)15(2)3)21(26)24-12-11-23(14-17(24)5)18-9-7-16(4)8-10-18/h7-10,13,15,17H,6,11-12,14H2,1-5H3/t17-/m0/s1. The molecule has 2 aromatic rings. The van der Waals surface area contributed by atoms with Gasteiger partial charge >= 0.3 is 0 Å². The zero-order chi connectivity index (χ0) is 18.8. The molecule has 1 aliphatic rings. The SMILES string of the molecule is CCn1nc(C(C)C)cc1C(=O)N1CCN(c2ccc(C)cc2)C[C@@H]1C. The maximum atomic E-state index is 13.2. The minimum absolute atomic E-state index is 0.0994. The van der Waals surface area contributed by atoms with E-state index in [0.717, 1.165) is 25.3 Å². The molecule has 3 rings (SSSR count). The fourth-order valence-corrected chi connectivity index (χ4v) is 3.53. The van der Waals surface area contributed by atoms with Crippen molar-refractivity contribution in [1.29, 1.82) is 0 Å². The molecule has 0 bridgehead atoms. The van der Waals surface area contributed by atoms with E-state index in [9.17, 15) is 4.79 Å². The van der Waals surface area contributed by atoms with E-state index in [4.69, 9.17) is 0 Å². The fourth-order valence-electron chi connectivity index (χ4n) is 3.53. The highest BCUT2D eigenvalue weighted by atomic mass is 16.2. The summed E-state index contributed by atoms with van der Waals surface area (Å²) >= 11 is 0. The van der Waals surface area contributed by atoms with Crippen LogP contribution in [0.3, 0.4) is 0 Å². The maximum absolute atomic E-state index is 13.2. The number of carbonyl (C=O) groups excluding carboxylic acids is 1. The van der Waals surface area contributed by atoms with Crippen LogP contribution < -0.4 is 4.90 Å². The van der Waals surface area contributed by atoms with E-state index in [1.54, 1.807) is 0 Å². The van der Waals surface area contributed by atoms with Crippen LogP contribution in [0.15, 0.2) is 30.3 Å². The minimum atomic E-state index is 0.0994. The van der Waals surface area contributed by atoms with Gasteiger partial charge in [-0.15, -0.1) is 0 Å². The van der Waals surface area contributed by atoms with Gasteiger partial charge in [0.15, 0.2) is 0 Å². The molecule has 0 spiro atoms. The Morgan fingerprint density at radius 3 is 2.50 bits per heavy atom. The third-order valence-electron chi connectivity index (χ3n) is 5.20. The Balaban J connectivity index is 1.75. The van der Waals surface area contributed by atoms with Crippen molar-refractivity contribution >= 4 is 11.6 Å². The largest absolute Gasteiger partial charge is 0.368 e. The van der Waals surface area contributed by atoms with E-state index in [-0.39, 0.29) is 11.9 Å². The quantitative estimate of drug-likeness (QED) is 0.841. The normalized spacial score (nSPS) is 17.8. The van der Waals surface area contributed by atoms with Gasteiger partial charge in [0.1, 0.15) is 5.69 Å². The Hall–Kier alpha value is -2.30. The lowest BCUT2D eigenvalue weighted by molar-refractivity contribution is 0.0661. The van der Waals surface area contributed by atoms with Crippen molar-refractivity contribution < 1.29 is 4.79 Å². The Bertz CT molecular complexity index is 763. The van der Waals surface area contributed by atoms with Gasteiger partial charge in [-0.25, -0.2) is 0 Å². The van der Waals surface area contributed by atoms with Crippen molar-refractivity contribution in [1.82, 2.24) is 14.7 Å². The predicted octanol–water partition coefficient (Wildman–Crippen LogP) is 3.69. The van der Waals surface area contributed by atoms with Crippen LogP contribution in [0, 0.1) is 6.92 Å². The van der Waals surface area contributed by atoms with Crippen LogP contribution in [0.5, 0.6) is 0 Å². The number of nitrogens with zero attached hydrogens (tertiary/aromatic N) is 4. The second-order valence-electron chi connectivity index (χ2n) is 7.55. The van der Waals surface area contributed by atoms with Crippen molar-refractivity contribution in [3.05, 3.63) is 47.3 Å². The van der Waals surface area contributed by atoms with Crippen LogP contribution in [0.4, 0.5) is 5.69 Å². The zero-order valence-corrected chi connectivity index (χ0v) is 16.6. The lowest BCUT2D eigenvalue weighted by Gasteiger charge is -2.41. The molecule has 1 fully saturated rings. The number of carbonyl (C=O) groups is 1. The van der Waals surface area contributed by atoms with Crippen LogP contribution in [-0.4, -0.2) is 46.3 Å². The van der Waals surface area contributed by atoms with Gasteiger partial charge in [0.05, 0.1) is 5.69 Å². The zero-order valence-electron chi connectivity index (χ0n) is 16.6. The van der Waals surface area contributed by atoms with Gasteiger partial charge in [0, 0.05) is 37.9 Å². The number of hydrogen-bond acceptors (Lipinski definition) is 3. The minimum Gasteiger partial charge on any atom is -0.368 e. The van der Waals surface area contributed by atoms with Crippen molar-refractivity contribution in [3.63, 3.8) is 0 Å². The molecule has 1 atom stereocenters. The van der Waals surface area contributed by atoms with Gasteiger partial charge in [-0.05, 0) is 44.9 Å². The number of hydrogen-bond donors (Lipinski definition) is 0. The molecular formula is C21H30N4O. The van der Waals surface area contributed by atoms with Crippen molar-refractivity contribution in [2.24, 2.45) is 0 Å². The summed E-state index contributed by atoms with van der Waals surface area (Å²) < 4.78 is 1.84. The lowest BCUT2D eigenvalue weighted by Crippen LogP contribution is -2.54. The van der Waals surface area contributed by atoms with E-state index in [1.807, 2.05) is 22.6 Å². The number of rotatable bonds is 4. The number of benzene rings is 1. The molecule has 0 unspecified atom stereocenters. The first-order valence-electron chi connectivity index (χ1n) is 9.61. The van der Waals surface area contributed by atoms with Crippen molar-refractivity contribution in [2.75, 3.05) is 24.5 Å². The molecular weight excluding hydrogens is 324 g/mol. The first-order chi connectivity index (χ1) is 12.4. The predicted molar refractivity (Wildman–Crippen MR) is 106 cm³/mol. The molecule has 5 nitrogen and oxygen atoms in total. The molecule has 1 aliphatic heterocycles. The van der Waals surface area contributed by atoms with Crippen LogP contribution in [0.1, 0.15) is 55.4 Å². The summed E-state index contributed by atoms with van der Waals surface area (Å²) in [5, 5.41) is 4.60. The molecule has 1 aromatic heterocycles. The Morgan fingerprint density at radius 2 is 1.92 bits per heavy atom. The maximum Gasteiger partial charge on any atom is 0.272 e. The van der Waals surface area contributed by atoms with Crippen molar-refractivity contribution in [3.8, 4) is 0 Å². The topological polar surface area (TPSA) is 41.4 Å². The molecule has 1 aromatic carbocycles. The summed E-state index contributed by atoms with van der Waals surface area (Å²) in [5.41, 5.74) is 4.20. The molecule has 5 heteroatoms. The molecule has 0 saturated carbocycles. The summed E-state index contributed by atoms with van der Waals surface area (Å²) in [6.07, 6.45) is 0. The third-order valence-corrected chi connectivity index (χ3v) is 5.20. The van der Waals surface area contributed by atoms with Gasteiger partial charge in [0.25, 0.3) is 5.91 Å². The molecule has 0 radical (unpaired) electrons. The lowest BCUT2D eigenvalue weighted by atomic mass is 10.1. The molecule has 1 amide bonds. The van der Waals surface area contributed by atoms with Crippen LogP contribution in [0.25, 0.3) is 0 Å². The van der Waals surface area contributed by atoms with E-state index in [1.165, 1.54) is 11.3 Å². The summed E-state index contributed by atoms with van der Waals surface area (Å²) in [4.78, 5) is 17.5. The van der Waals surface area contributed by atoms with Gasteiger partial charge < -0.3 is 9.80 Å². The number of piperazine rings is 1. The average Bonchev–Trinajstić information content (AvgIpc) is 3.06. The number of amides is 1. The first-order valence-corrected chi connectivity index (χ1v) is 9.61. The summed E-state index contributed by atoms with van der Waals surface area (Å²) in [6, 6.07) is 10.8. The Kier molecular flexibility index (Phi) is 5.35. The van der Waals surface area contributed by atoms with E-state index < -0.39 is 0 Å². The highest BCUT2D eigenvalue weighted by Crippen LogP contribution is 2.22. The number of aryl methyl sites for hydroxylation is 2. The van der Waals surface area contributed by atoms with Crippen LogP contribution in [-0.2, 0) is 6.54 Å². The number of anilines is 1. The average molecular weight is 354 g/mol. The summed E-state index contributed by atoms with van der Waals surface area (Å²) in [7, 11) is 0. The fraction of sp³-hybridized carbons (Fsp3) is 0.524. The molecule has 0 aliphatic carbocycles. The highest BCUT2D eigenvalue weighted by Gasteiger charge is 2.30. The second kappa shape index (κ2) is 7.52. The van der Waals surface area contributed by atoms with Crippen LogP contribution >= 0.6 is 0 Å². The summed E-state index contributed by atoms with van der Waals surface area (Å²) in [6.45, 7) is 13.7. The van der Waals surface area contributed by atoms with E-state index in [2.05, 4.69) is 62.0 Å². The van der Waals surface area contributed by atoms with E-state index >= 15 is 0 Å². The molecule has 26 heavy (non-hydrogen) atoms. The Labute approximate surface area is 156 Å². The second-order valence-corrected chi connectivity index (χ2v) is 7.55. The smallest absolute Gasteiger partial charge is 0.272 e. The highest BCUT2D eigenvalue weighted by molar-refractivity contribution is 5.93. The van der Waals surface area contributed by atoms with Crippen LogP contribution in [0.2, 0.25) is 0 Å². The van der Waals surface area contributed by atoms with E-state index in [0.29, 0.717) is 18.2 Å². The van der Waals surface area contributed by atoms with Crippen molar-refractivity contribution in [2.45, 2.75) is 53.1 Å². The number of aromatic nitrogens is 2. The summed E-state index contributed by atoms with van der Waals surface area (Å²) in [5.74, 6) is 0.424. The Morgan fingerprint density at radius 1 is 1.23 bits per heavy atom. The van der Waals surface area contributed by atoms with Gasteiger partial charge in [-0.2, -0.15) is 5.10 Å². The molecule has 1 saturated heterocycles. The van der Waals surface area contributed by atoms with Gasteiger partial charge in [-0.1, -0.05) is 31.5 Å². The molecule has 0 N–H and O–H groups in total. The molecule has 140 valence electrons. The molecule has 2 heterocycles. The first kappa shape index (κ1) is 18.5. The van der Waals surface area contributed by atoms with Gasteiger partial charge in [-0.3, -0.25) is 9.48 Å².